The number of aromatic nitrogens is 3. The van der Waals surface area contributed by atoms with Crippen LogP contribution >= 0.6 is 11.3 Å². The molecule has 0 amide bonds. The topological polar surface area (TPSA) is 51.8 Å². The van der Waals surface area contributed by atoms with E-state index in [-0.39, 0.29) is 0 Å². The molecule has 0 N–H and O–H groups in total. The summed E-state index contributed by atoms with van der Waals surface area (Å²) in [7, 11) is 0. The average molecular weight is 708 g/mol. The number of nitrogens with zero attached hydrogens (tertiary/aromatic N) is 3. The van der Waals surface area contributed by atoms with E-state index >= 15 is 0 Å². The summed E-state index contributed by atoms with van der Waals surface area (Å²) in [5.74, 6) is 1.95. The summed E-state index contributed by atoms with van der Waals surface area (Å²) in [6.45, 7) is 0. The van der Waals surface area contributed by atoms with E-state index in [1.54, 1.807) is 11.3 Å². The molecule has 4 nitrogen and oxygen atoms in total. The normalized spacial score (nSPS) is 11.7. The molecular formula is C49H29N3OS. The lowest BCUT2D eigenvalue weighted by Gasteiger charge is -2.10. The van der Waals surface area contributed by atoms with Gasteiger partial charge in [0.05, 0.1) is 0 Å². The summed E-state index contributed by atoms with van der Waals surface area (Å²) in [6, 6.07) is 61.5. The van der Waals surface area contributed by atoms with Gasteiger partial charge in [-0.05, 0) is 58.0 Å². The van der Waals surface area contributed by atoms with Gasteiger partial charge in [0.2, 0.25) is 0 Å². The first kappa shape index (κ1) is 30.7. The van der Waals surface area contributed by atoms with Crippen LogP contribution in [0.25, 0.3) is 109 Å². The first-order valence-electron chi connectivity index (χ1n) is 18.0. The van der Waals surface area contributed by atoms with Crippen LogP contribution in [-0.4, -0.2) is 15.0 Å². The lowest BCUT2D eigenvalue weighted by Crippen LogP contribution is -2.00. The molecule has 0 saturated heterocycles. The Morgan fingerprint density at radius 3 is 1.72 bits per heavy atom. The molecule has 54 heavy (non-hydrogen) atoms. The Kier molecular flexibility index (Phi) is 7.00. The van der Waals surface area contributed by atoms with E-state index in [9.17, 15) is 0 Å². The van der Waals surface area contributed by atoms with E-state index in [0.29, 0.717) is 17.5 Å². The van der Waals surface area contributed by atoms with Crippen molar-refractivity contribution in [3.63, 3.8) is 0 Å². The van der Waals surface area contributed by atoms with Crippen molar-refractivity contribution in [3.05, 3.63) is 176 Å². The maximum atomic E-state index is 6.65. The maximum Gasteiger partial charge on any atom is 0.164 e. The Morgan fingerprint density at radius 1 is 0.352 bits per heavy atom. The fraction of sp³-hybridized carbons (Fsp3) is 0. The fourth-order valence-electron chi connectivity index (χ4n) is 7.75. The molecule has 0 saturated carbocycles. The number of hydrogen-bond donors (Lipinski definition) is 0. The zero-order valence-corrected chi connectivity index (χ0v) is 29.7. The molecule has 0 aliphatic carbocycles. The van der Waals surface area contributed by atoms with Crippen LogP contribution in [0, 0.1) is 0 Å². The molecule has 11 rings (SSSR count). The second-order valence-corrected chi connectivity index (χ2v) is 14.6. The number of thiophene rings is 1. The highest BCUT2D eigenvalue weighted by atomic mass is 32.1. The summed E-state index contributed by atoms with van der Waals surface area (Å²) in [4.78, 5) is 15.2. The summed E-state index contributed by atoms with van der Waals surface area (Å²) >= 11 is 1.79. The molecule has 252 valence electrons. The summed E-state index contributed by atoms with van der Waals surface area (Å²) in [5.41, 5.74) is 9.23. The van der Waals surface area contributed by atoms with E-state index < -0.39 is 0 Å². The molecular weight excluding hydrogens is 679 g/mol. The lowest BCUT2D eigenvalue weighted by atomic mass is 9.95. The predicted octanol–water partition coefficient (Wildman–Crippen LogP) is 13.6. The van der Waals surface area contributed by atoms with Gasteiger partial charge in [0.15, 0.2) is 17.5 Å². The second-order valence-electron chi connectivity index (χ2n) is 13.6. The molecule has 0 bridgehead atoms. The smallest absolute Gasteiger partial charge is 0.164 e. The van der Waals surface area contributed by atoms with Gasteiger partial charge >= 0.3 is 0 Å². The van der Waals surface area contributed by atoms with E-state index in [1.807, 2.05) is 30.3 Å². The minimum absolute atomic E-state index is 0.635. The second kappa shape index (κ2) is 12.3. The quantitative estimate of drug-likeness (QED) is 0.179. The zero-order valence-electron chi connectivity index (χ0n) is 28.9. The first-order valence-corrected chi connectivity index (χ1v) is 18.8. The standard InChI is InChI=1S/C49H29N3OS/c1-3-12-31(13-4-1)40-29-41-36-27-26-34(28-42(36)53-46(41)37-17-8-7-16-35(37)40)30-22-24-33(25-23-30)48-50-47(32-14-5-2-6-15-32)51-49(52-48)39-19-11-21-44-45(39)38-18-9-10-20-43(38)54-44/h1-29H. The molecule has 0 spiro atoms. The Labute approximate surface area is 314 Å². The van der Waals surface area contributed by atoms with E-state index in [0.717, 1.165) is 55.1 Å². The van der Waals surface area contributed by atoms with E-state index in [2.05, 4.69) is 146 Å². The number of fused-ring (bicyclic) bond motifs is 8. The van der Waals surface area contributed by atoms with Crippen molar-refractivity contribution in [2.24, 2.45) is 0 Å². The van der Waals surface area contributed by atoms with Gasteiger partial charge in [0.25, 0.3) is 0 Å². The van der Waals surface area contributed by atoms with Crippen LogP contribution in [0.15, 0.2) is 180 Å². The molecule has 11 aromatic rings. The van der Waals surface area contributed by atoms with Gasteiger partial charge in [0, 0.05) is 53.0 Å². The van der Waals surface area contributed by atoms with Crippen molar-refractivity contribution in [3.8, 4) is 56.4 Å². The maximum absolute atomic E-state index is 6.65. The van der Waals surface area contributed by atoms with Crippen molar-refractivity contribution in [2.75, 3.05) is 0 Å². The van der Waals surface area contributed by atoms with Crippen molar-refractivity contribution in [1.29, 1.82) is 0 Å². The average Bonchev–Trinajstić information content (AvgIpc) is 3.82. The molecule has 0 unspecified atom stereocenters. The third-order valence-corrected chi connectivity index (χ3v) is 11.5. The van der Waals surface area contributed by atoms with Gasteiger partial charge < -0.3 is 4.42 Å². The Bertz CT molecular complexity index is 3200. The molecule has 0 atom stereocenters. The van der Waals surface area contributed by atoms with Crippen LogP contribution in [0.3, 0.4) is 0 Å². The van der Waals surface area contributed by atoms with E-state index in [1.165, 1.54) is 36.7 Å². The highest BCUT2D eigenvalue weighted by Crippen LogP contribution is 2.42. The first-order chi connectivity index (χ1) is 26.7. The van der Waals surface area contributed by atoms with Gasteiger partial charge in [-0.25, -0.2) is 15.0 Å². The third kappa shape index (κ3) is 5.01. The summed E-state index contributed by atoms with van der Waals surface area (Å²) in [6.07, 6.45) is 0. The van der Waals surface area contributed by atoms with Gasteiger partial charge in [-0.2, -0.15) is 0 Å². The zero-order chi connectivity index (χ0) is 35.6. The van der Waals surface area contributed by atoms with Gasteiger partial charge in [0.1, 0.15) is 11.2 Å². The number of benzene rings is 8. The van der Waals surface area contributed by atoms with Crippen molar-refractivity contribution in [1.82, 2.24) is 15.0 Å². The van der Waals surface area contributed by atoms with Crippen LogP contribution < -0.4 is 0 Å². The van der Waals surface area contributed by atoms with Gasteiger partial charge in [-0.15, -0.1) is 11.3 Å². The van der Waals surface area contributed by atoms with E-state index in [4.69, 9.17) is 19.4 Å². The minimum Gasteiger partial charge on any atom is -0.455 e. The number of hydrogen-bond acceptors (Lipinski definition) is 5. The molecule has 3 heterocycles. The monoisotopic (exact) mass is 707 g/mol. The number of rotatable bonds is 5. The minimum atomic E-state index is 0.635. The summed E-state index contributed by atoms with van der Waals surface area (Å²) in [5, 5.41) is 6.92. The molecule has 0 radical (unpaired) electrons. The fourth-order valence-corrected chi connectivity index (χ4v) is 8.88. The van der Waals surface area contributed by atoms with Crippen LogP contribution in [0.5, 0.6) is 0 Å². The van der Waals surface area contributed by atoms with Crippen LogP contribution in [0.1, 0.15) is 0 Å². The SMILES string of the molecule is c1ccc(-c2nc(-c3ccc(-c4ccc5c(c4)oc4c6ccccc6c(-c6ccccc6)cc54)cc3)nc(-c3cccc4sc5ccccc5c34)n2)cc1. The van der Waals surface area contributed by atoms with Gasteiger partial charge in [-0.3, -0.25) is 0 Å². The molecule has 0 aliphatic heterocycles. The highest BCUT2D eigenvalue weighted by Gasteiger charge is 2.18. The Balaban J connectivity index is 1.01. The van der Waals surface area contributed by atoms with Crippen LogP contribution in [0.4, 0.5) is 0 Å². The number of furan rings is 1. The summed E-state index contributed by atoms with van der Waals surface area (Å²) < 4.78 is 9.11. The molecule has 0 aliphatic rings. The third-order valence-electron chi connectivity index (χ3n) is 10.4. The highest BCUT2D eigenvalue weighted by molar-refractivity contribution is 7.25. The largest absolute Gasteiger partial charge is 0.455 e. The van der Waals surface area contributed by atoms with Crippen LogP contribution in [0.2, 0.25) is 0 Å². The molecule has 3 aromatic heterocycles. The van der Waals surface area contributed by atoms with Crippen molar-refractivity contribution >= 4 is 64.2 Å². The molecule has 5 heteroatoms. The van der Waals surface area contributed by atoms with Crippen molar-refractivity contribution in [2.45, 2.75) is 0 Å². The predicted molar refractivity (Wildman–Crippen MR) is 225 cm³/mol. The van der Waals surface area contributed by atoms with Crippen molar-refractivity contribution < 1.29 is 4.42 Å². The Morgan fingerprint density at radius 2 is 0.944 bits per heavy atom. The molecule has 8 aromatic carbocycles. The Hall–Kier alpha value is -6.95. The lowest BCUT2D eigenvalue weighted by molar-refractivity contribution is 0.673. The van der Waals surface area contributed by atoms with Gasteiger partial charge in [-0.1, -0.05) is 146 Å². The molecule has 0 fully saturated rings. The van der Waals surface area contributed by atoms with Crippen LogP contribution in [-0.2, 0) is 0 Å².